The molecule has 6 rings (SSSR count). The maximum absolute atomic E-state index is 14.4. The van der Waals surface area contributed by atoms with Crippen molar-refractivity contribution >= 4 is 34.4 Å². The summed E-state index contributed by atoms with van der Waals surface area (Å²) in [6, 6.07) is 20.8. The third-order valence-electron chi connectivity index (χ3n) is 7.69. The van der Waals surface area contributed by atoms with Crippen LogP contribution >= 0.6 is 11.3 Å². The zero-order valence-electron chi connectivity index (χ0n) is 22.0. The number of aliphatic hydroxyl groups is 1. The average molecular weight is 543 g/mol. The van der Waals surface area contributed by atoms with Gasteiger partial charge in [0.1, 0.15) is 17.3 Å². The quantitative estimate of drug-likeness (QED) is 0.280. The Hall–Kier alpha value is -3.75. The number of carbonyl (C=O) groups excluding carboxylic acids is 1. The van der Waals surface area contributed by atoms with Crippen LogP contribution in [0.3, 0.4) is 0 Å². The Morgan fingerprint density at radius 3 is 2.74 bits per heavy atom. The summed E-state index contributed by atoms with van der Waals surface area (Å²) in [5.41, 5.74) is 4.27. The van der Waals surface area contributed by atoms with Gasteiger partial charge in [-0.05, 0) is 74.6 Å². The van der Waals surface area contributed by atoms with Crippen molar-refractivity contribution in [3.8, 4) is 10.4 Å². The number of pyridine rings is 1. The first kappa shape index (κ1) is 25.5. The minimum absolute atomic E-state index is 0.122. The smallest absolute Gasteiger partial charge is 0.276 e. The molecule has 39 heavy (non-hydrogen) atoms. The van der Waals surface area contributed by atoms with E-state index >= 15 is 0 Å². The second-order valence-corrected chi connectivity index (χ2v) is 11.4. The van der Waals surface area contributed by atoms with Crippen LogP contribution in [0.15, 0.2) is 66.7 Å². The summed E-state index contributed by atoms with van der Waals surface area (Å²) in [6.45, 7) is 5.45. The molecule has 0 bridgehead atoms. The van der Waals surface area contributed by atoms with Gasteiger partial charge >= 0.3 is 0 Å². The van der Waals surface area contributed by atoms with E-state index in [0.29, 0.717) is 35.3 Å². The van der Waals surface area contributed by atoms with Crippen molar-refractivity contribution in [3.63, 3.8) is 0 Å². The highest BCUT2D eigenvalue weighted by molar-refractivity contribution is 7.15. The first-order chi connectivity index (χ1) is 18.9. The molecule has 4 heterocycles. The zero-order chi connectivity index (χ0) is 27.1. The van der Waals surface area contributed by atoms with Crippen LogP contribution in [0.25, 0.3) is 10.4 Å². The molecule has 1 fully saturated rings. The molecule has 0 saturated carbocycles. The topological polar surface area (TPSA) is 68.7 Å². The monoisotopic (exact) mass is 542 g/mol. The van der Waals surface area contributed by atoms with Gasteiger partial charge in [0, 0.05) is 29.6 Å². The molecule has 200 valence electrons. The molecule has 1 saturated heterocycles. The number of para-hydroxylation sites is 2. The fraction of sp³-hybridized carbons (Fsp3) is 0.290. The molecule has 4 aromatic rings. The molecule has 2 aromatic heterocycles. The number of halogens is 1. The van der Waals surface area contributed by atoms with E-state index in [1.165, 1.54) is 17.4 Å². The highest BCUT2D eigenvalue weighted by atomic mass is 32.1. The summed E-state index contributed by atoms with van der Waals surface area (Å²) in [7, 11) is 0. The van der Waals surface area contributed by atoms with E-state index < -0.39 is 12.0 Å². The lowest BCUT2D eigenvalue weighted by atomic mass is 10.1. The van der Waals surface area contributed by atoms with Crippen LogP contribution in [0.5, 0.6) is 0 Å². The molecule has 0 aliphatic carbocycles. The number of aliphatic hydroxyl groups excluding tert-OH is 1. The standard InChI is InChI=1S/C31H31FN4O2S/c1-19-8-5-11-23(32)28(19)34-30(37)26-18-21-15-17-36(25-13-4-3-10-22(25)29(21)39-26)31(38)24-12-6-14-27(33-24)35-16-7-9-20(35)2/h3-6,8,10-14,18,20,30,34,37H,7,9,15-17H2,1-2H3/t20-,30?/m0/s1. The number of amides is 1. The van der Waals surface area contributed by atoms with Crippen LogP contribution in [-0.2, 0) is 6.42 Å². The van der Waals surface area contributed by atoms with Gasteiger partial charge in [-0.15, -0.1) is 11.3 Å². The number of anilines is 3. The summed E-state index contributed by atoms with van der Waals surface area (Å²) in [5, 5.41) is 13.9. The third-order valence-corrected chi connectivity index (χ3v) is 8.95. The Kier molecular flexibility index (Phi) is 6.83. The lowest BCUT2D eigenvalue weighted by Crippen LogP contribution is -2.34. The van der Waals surface area contributed by atoms with Crippen molar-refractivity contribution in [2.75, 3.05) is 28.2 Å². The summed E-state index contributed by atoms with van der Waals surface area (Å²) in [6.07, 6.45) is 1.84. The number of carbonyl (C=O) groups is 1. The summed E-state index contributed by atoms with van der Waals surface area (Å²) < 4.78 is 14.4. The third kappa shape index (κ3) is 4.79. The van der Waals surface area contributed by atoms with Gasteiger partial charge in [0.15, 0.2) is 6.23 Å². The van der Waals surface area contributed by atoms with E-state index in [9.17, 15) is 14.3 Å². The van der Waals surface area contributed by atoms with Crippen LogP contribution in [-0.4, -0.2) is 35.1 Å². The van der Waals surface area contributed by atoms with Crippen LogP contribution in [0.1, 0.15) is 52.5 Å². The molecule has 0 radical (unpaired) electrons. The predicted octanol–water partition coefficient (Wildman–Crippen LogP) is 6.55. The fourth-order valence-electron chi connectivity index (χ4n) is 5.60. The van der Waals surface area contributed by atoms with Crippen LogP contribution in [0, 0.1) is 12.7 Å². The van der Waals surface area contributed by atoms with E-state index in [0.717, 1.165) is 52.5 Å². The molecule has 2 aliphatic heterocycles. The second kappa shape index (κ2) is 10.4. The van der Waals surface area contributed by atoms with Gasteiger partial charge in [-0.25, -0.2) is 9.37 Å². The minimum Gasteiger partial charge on any atom is -0.369 e. The lowest BCUT2D eigenvalue weighted by molar-refractivity contribution is 0.0982. The van der Waals surface area contributed by atoms with Gasteiger partial charge in [-0.2, -0.15) is 0 Å². The number of thiophene rings is 1. The summed E-state index contributed by atoms with van der Waals surface area (Å²) >= 11 is 1.46. The number of hydrogen-bond acceptors (Lipinski definition) is 6. The zero-order valence-corrected chi connectivity index (χ0v) is 22.8. The van der Waals surface area contributed by atoms with Gasteiger partial charge in [0.25, 0.3) is 5.91 Å². The molecular weight excluding hydrogens is 511 g/mol. The van der Waals surface area contributed by atoms with Crippen molar-refractivity contribution in [1.82, 2.24) is 4.98 Å². The largest absolute Gasteiger partial charge is 0.369 e. The van der Waals surface area contributed by atoms with Crippen molar-refractivity contribution in [1.29, 1.82) is 0 Å². The van der Waals surface area contributed by atoms with Gasteiger partial charge in [-0.1, -0.05) is 36.4 Å². The predicted molar refractivity (Wildman–Crippen MR) is 155 cm³/mol. The van der Waals surface area contributed by atoms with Crippen molar-refractivity contribution < 1.29 is 14.3 Å². The van der Waals surface area contributed by atoms with E-state index in [2.05, 4.69) is 17.1 Å². The number of benzene rings is 2. The van der Waals surface area contributed by atoms with Crippen LogP contribution in [0.4, 0.5) is 21.6 Å². The van der Waals surface area contributed by atoms with E-state index in [4.69, 9.17) is 4.98 Å². The summed E-state index contributed by atoms with van der Waals surface area (Å²) in [4.78, 5) is 24.4. The minimum atomic E-state index is -1.05. The van der Waals surface area contributed by atoms with Gasteiger partial charge in [-0.3, -0.25) is 4.79 Å². The van der Waals surface area contributed by atoms with Crippen molar-refractivity contribution in [3.05, 3.63) is 94.2 Å². The lowest BCUT2D eigenvalue weighted by Gasteiger charge is -2.25. The molecule has 6 nitrogen and oxygen atoms in total. The number of nitrogens with zero attached hydrogens (tertiary/aromatic N) is 3. The maximum atomic E-state index is 14.4. The molecule has 1 unspecified atom stereocenters. The van der Waals surface area contributed by atoms with Gasteiger partial charge < -0.3 is 20.2 Å². The molecule has 2 aliphatic rings. The molecule has 8 heteroatoms. The number of fused-ring (bicyclic) bond motifs is 3. The van der Waals surface area contributed by atoms with E-state index in [1.54, 1.807) is 25.1 Å². The average Bonchev–Trinajstić information content (AvgIpc) is 3.54. The first-order valence-corrected chi connectivity index (χ1v) is 14.2. The molecule has 0 spiro atoms. The first-order valence-electron chi connectivity index (χ1n) is 13.4. The van der Waals surface area contributed by atoms with Crippen LogP contribution < -0.4 is 15.1 Å². The van der Waals surface area contributed by atoms with Gasteiger partial charge in [0.2, 0.25) is 0 Å². The van der Waals surface area contributed by atoms with Gasteiger partial charge in [0.05, 0.1) is 16.3 Å². The van der Waals surface area contributed by atoms with E-state index in [-0.39, 0.29) is 5.91 Å². The number of rotatable bonds is 5. The number of aromatic nitrogens is 1. The number of aryl methyl sites for hydroxylation is 1. The highest BCUT2D eigenvalue weighted by Crippen LogP contribution is 2.43. The normalized spacial score (nSPS) is 17.4. The molecule has 1 amide bonds. The van der Waals surface area contributed by atoms with Crippen LogP contribution in [0.2, 0.25) is 0 Å². The maximum Gasteiger partial charge on any atom is 0.276 e. The number of nitrogens with one attached hydrogen (secondary N) is 1. The molecule has 2 aromatic carbocycles. The SMILES string of the molecule is Cc1cccc(F)c1NC(O)c1cc2c(s1)-c1ccccc1N(C(=O)c1cccc(N3CCC[C@@H]3C)n1)CC2. The fourth-order valence-corrected chi connectivity index (χ4v) is 6.78. The van der Waals surface area contributed by atoms with E-state index in [1.807, 2.05) is 47.4 Å². The summed E-state index contributed by atoms with van der Waals surface area (Å²) in [5.74, 6) is 0.330. The van der Waals surface area contributed by atoms with Crippen molar-refractivity contribution in [2.24, 2.45) is 0 Å². The van der Waals surface area contributed by atoms with Crippen molar-refractivity contribution in [2.45, 2.75) is 45.4 Å². The second-order valence-electron chi connectivity index (χ2n) is 10.3. The molecule has 2 N–H and O–H groups in total. The Balaban J connectivity index is 1.30. The number of hydrogen-bond donors (Lipinski definition) is 2. The highest BCUT2D eigenvalue weighted by Gasteiger charge is 2.29. The Morgan fingerprint density at radius 2 is 1.95 bits per heavy atom. The Labute approximate surface area is 231 Å². The molecule has 2 atom stereocenters. The Bertz CT molecular complexity index is 1520. The Morgan fingerprint density at radius 1 is 1.13 bits per heavy atom. The molecular formula is C31H31FN4O2S.